The molecule has 4 aliphatic heterocycles. The Morgan fingerprint density at radius 2 is 0.711 bits per heavy atom. The summed E-state index contributed by atoms with van der Waals surface area (Å²) in [7, 11) is -21.2. The van der Waals surface area contributed by atoms with E-state index >= 15 is 0 Å². The van der Waals surface area contributed by atoms with Gasteiger partial charge in [-0.3, -0.25) is 50.0 Å². The Balaban J connectivity index is 0.731. The Hall–Kier alpha value is -6.52. The predicted molar refractivity (Wildman–Crippen MR) is 289 cm³/mol. The number of nitrogens with two attached hydrogens (primary N) is 4. The first-order valence-corrected chi connectivity index (χ1v) is 32.3. The van der Waals surface area contributed by atoms with Crippen LogP contribution in [0.25, 0.3) is 44.7 Å². The predicted octanol–water partition coefficient (Wildman–Crippen LogP) is -4.27. The second-order valence-corrected chi connectivity index (χ2v) is 26.0. The second kappa shape index (κ2) is 24.5. The van der Waals surface area contributed by atoms with Crippen LogP contribution in [0.2, 0.25) is 0 Å². The molecule has 4 fully saturated rings. The van der Waals surface area contributed by atoms with Crippen LogP contribution in [0.15, 0.2) is 50.6 Å². The van der Waals surface area contributed by atoms with Crippen LogP contribution in [0.3, 0.4) is 0 Å². The van der Waals surface area contributed by atoms with Crippen LogP contribution in [0.1, 0.15) is 24.9 Å². The van der Waals surface area contributed by atoms with Gasteiger partial charge in [-0.25, -0.2) is 73.5 Å². The van der Waals surface area contributed by atoms with Gasteiger partial charge in [-0.05, 0) is 0 Å². The molecular weight excluding hydrogens is 1300 g/mol. The highest BCUT2D eigenvalue weighted by Crippen LogP contribution is 2.54. The zero-order valence-electron chi connectivity index (χ0n) is 45.2. The zero-order valence-corrected chi connectivity index (χ0v) is 48.8. The van der Waals surface area contributed by atoms with Gasteiger partial charge in [0, 0.05) is 0 Å². The fraction of sp³-hybridized carbons (Fsp3) is 0.512. The largest absolute Gasteiger partial charge is 0.472 e. The van der Waals surface area contributed by atoms with Crippen LogP contribution in [0, 0.1) is 0 Å². The Bertz CT molecular complexity index is 4170. The van der Waals surface area contributed by atoms with E-state index in [0.717, 1.165) is 58.0 Å². The number of anilines is 4. The standard InChI is InChI=1S/C41H52N20O25P4/c42-30-18-34(50-5-46-30)58(9-54-18)38-26(66)22(62)15(80-38)3-78-89(72,73)85-28-23(63)14(81-40(28)60-11-56-20-32(44)48-7-52-36(20)60)1-76-13-87(67,68)84-27-24(64)17(83-39(27)59-10-55-19-31(43)47-6-51-35(19)59)4-79-90(74,75)86-29-25(65)16(2-77-88(69,70)71)82-41(29)61-12-57-21-33(45)49-8-53-37(21)61/h5-12,14-17,22-29,38-41,62-66H,1-4,13H2,(H,67,68)(H,72,73)(H,74,75)(H2,42,46,50)(H2,43,47,51)(H2,44,48,52)(H2,45,49,53)(H2,69,70,71)/t14-,15-,16-,17-,22-,23+,24-,25-,26-,27-,28-,29-,38-,39-,40-,41-/m1/s1. The highest BCUT2D eigenvalue weighted by atomic mass is 31.2. The molecule has 0 amide bonds. The maximum atomic E-state index is 14.1. The first-order chi connectivity index (χ1) is 42.7. The van der Waals surface area contributed by atoms with Crippen LogP contribution in [0.5, 0.6) is 0 Å². The Morgan fingerprint density at radius 1 is 0.400 bits per heavy atom. The number of rotatable bonds is 23. The number of hydrogen-bond acceptors (Lipinski definition) is 36. The van der Waals surface area contributed by atoms with E-state index in [2.05, 4.69) is 64.3 Å². The van der Waals surface area contributed by atoms with E-state index < -0.39 is 162 Å². The van der Waals surface area contributed by atoms with Crippen molar-refractivity contribution in [1.82, 2.24) is 78.1 Å². The molecule has 18 N–H and O–H groups in total. The molecule has 0 aliphatic carbocycles. The van der Waals surface area contributed by atoms with Crippen molar-refractivity contribution >= 4 is 99.0 Å². The summed E-state index contributed by atoms with van der Waals surface area (Å²) in [5, 5.41) is 56.7. The number of imidazole rings is 4. The minimum Gasteiger partial charge on any atom is -0.387 e. The minimum atomic E-state index is -5.51. The summed E-state index contributed by atoms with van der Waals surface area (Å²) in [4.78, 5) is 101. The molecule has 8 aromatic rings. The van der Waals surface area contributed by atoms with Crippen LogP contribution < -0.4 is 22.9 Å². The van der Waals surface area contributed by atoms with Crippen molar-refractivity contribution in [3.05, 3.63) is 50.6 Å². The normalized spacial score (nSPS) is 31.1. The monoisotopic (exact) mass is 1350 g/mol. The molecule has 0 saturated carbocycles. The van der Waals surface area contributed by atoms with Crippen molar-refractivity contribution in [2.75, 3.05) is 55.7 Å². The first kappa shape index (κ1) is 63.6. The second-order valence-electron chi connectivity index (χ2n) is 20.2. The van der Waals surface area contributed by atoms with Gasteiger partial charge in [0.2, 0.25) is 0 Å². The van der Waals surface area contributed by atoms with Crippen molar-refractivity contribution in [3.8, 4) is 0 Å². The maximum absolute atomic E-state index is 14.1. The van der Waals surface area contributed by atoms with Crippen molar-refractivity contribution in [1.29, 1.82) is 0 Å². The number of aliphatic hydroxyl groups excluding tert-OH is 5. The Kier molecular flexibility index (Phi) is 17.3. The summed E-state index contributed by atoms with van der Waals surface area (Å²) in [6.45, 7) is -3.77. The summed E-state index contributed by atoms with van der Waals surface area (Å²) in [5.74, 6) is -0.316. The smallest absolute Gasteiger partial charge is 0.387 e. The molecule has 12 rings (SSSR count). The molecule has 49 heteroatoms. The van der Waals surface area contributed by atoms with E-state index in [1.807, 2.05) is 0 Å². The number of hydrogen-bond donors (Lipinski definition) is 14. The summed E-state index contributed by atoms with van der Waals surface area (Å²) in [6, 6.07) is 0. The number of aromatic nitrogens is 16. The summed E-state index contributed by atoms with van der Waals surface area (Å²) in [5.41, 5.74) is 24.0. The van der Waals surface area contributed by atoms with Crippen LogP contribution in [-0.2, 0) is 69.1 Å². The van der Waals surface area contributed by atoms with Crippen LogP contribution in [-0.4, -0.2) is 234 Å². The van der Waals surface area contributed by atoms with Crippen LogP contribution >= 0.6 is 31.1 Å². The molecule has 3 unspecified atom stereocenters. The van der Waals surface area contributed by atoms with Gasteiger partial charge in [0.15, 0.2) is 70.8 Å². The highest BCUT2D eigenvalue weighted by molar-refractivity contribution is 7.52. The van der Waals surface area contributed by atoms with Gasteiger partial charge < -0.3 is 96.6 Å². The number of nitrogen functional groups attached to an aromatic ring is 4. The van der Waals surface area contributed by atoms with Crippen molar-refractivity contribution in [2.24, 2.45) is 0 Å². The van der Waals surface area contributed by atoms with Crippen LogP contribution in [0.4, 0.5) is 23.3 Å². The maximum Gasteiger partial charge on any atom is 0.472 e. The fourth-order valence-corrected chi connectivity index (χ4v) is 13.5. The molecule has 90 heavy (non-hydrogen) atoms. The molecule has 0 bridgehead atoms. The van der Waals surface area contributed by atoms with Gasteiger partial charge in [-0.2, -0.15) is 0 Å². The summed E-state index contributed by atoms with van der Waals surface area (Å²) >= 11 is 0. The number of fused-ring (bicyclic) bond motifs is 4. The van der Waals surface area contributed by atoms with Crippen molar-refractivity contribution in [2.45, 2.75) is 98.2 Å². The molecule has 45 nitrogen and oxygen atoms in total. The van der Waals surface area contributed by atoms with Gasteiger partial charge in [0.05, 0.1) is 51.7 Å². The molecule has 12 heterocycles. The minimum absolute atomic E-state index is 0.00796. The van der Waals surface area contributed by atoms with Gasteiger partial charge in [0.25, 0.3) is 0 Å². The molecule has 0 spiro atoms. The number of phosphoric ester groups is 3. The average molecular weight is 1350 g/mol. The average Bonchev–Trinajstić information content (AvgIpc) is 1.64. The van der Waals surface area contributed by atoms with Gasteiger partial charge >= 0.3 is 31.1 Å². The third-order valence-electron chi connectivity index (χ3n) is 14.5. The number of aliphatic hydroxyl groups is 5. The Morgan fingerprint density at radius 3 is 1.08 bits per heavy atom. The molecular formula is C41H52N20O25P4. The summed E-state index contributed by atoms with van der Waals surface area (Å²) < 4.78 is 119. The lowest BCUT2D eigenvalue weighted by molar-refractivity contribution is -0.0667. The van der Waals surface area contributed by atoms with Gasteiger partial charge in [0.1, 0.15) is 127 Å². The molecule has 486 valence electrons. The SMILES string of the molecule is Nc1ncnc2c1ncn2[C@@H]1O[C@H](COP(=O)(O)O[C@@H]2[C@@H](O)[C@@H](COCP(=O)(O)O[C@@H]3[C@H](O)[C@@H](COP(=O)(O)O[C@@H]4[C@H](O)[C@@H](COP(=O)(O)O)O[C@H]4n4cnc5c(N)ncnc54)O[C@H]3n3cnc4c(N)ncnc43)O[C@H]2n2cnc3c(N)ncnc32)[C@@H](O)[C@H]1O. The van der Waals surface area contributed by atoms with E-state index in [1.54, 1.807) is 0 Å². The molecule has 4 saturated heterocycles. The molecule has 0 radical (unpaired) electrons. The summed E-state index contributed by atoms with van der Waals surface area (Å²) in [6.07, 6.45) is -20.5. The topological polar surface area (TPSA) is 651 Å². The van der Waals surface area contributed by atoms with E-state index in [1.165, 1.54) is 10.9 Å². The van der Waals surface area contributed by atoms with Crippen molar-refractivity contribution in [3.63, 3.8) is 0 Å². The quantitative estimate of drug-likeness (QED) is 0.0270. The lowest BCUT2D eigenvalue weighted by atomic mass is 10.1. The van der Waals surface area contributed by atoms with Gasteiger partial charge in [-0.1, -0.05) is 0 Å². The third kappa shape index (κ3) is 12.5. The molecule has 0 aromatic carbocycles. The third-order valence-corrected chi connectivity index (χ3v) is 18.0. The van der Waals surface area contributed by atoms with E-state index in [-0.39, 0.29) is 67.9 Å². The molecule has 8 aromatic heterocycles. The lowest BCUT2D eigenvalue weighted by Gasteiger charge is -2.25. The fourth-order valence-electron chi connectivity index (χ4n) is 10.3. The van der Waals surface area contributed by atoms with Gasteiger partial charge in [-0.15, -0.1) is 0 Å². The zero-order chi connectivity index (χ0) is 63.9. The molecule has 4 aliphatic rings. The van der Waals surface area contributed by atoms with Crippen molar-refractivity contribution < 1.29 is 119 Å². The highest BCUT2D eigenvalue weighted by Gasteiger charge is 2.55. The van der Waals surface area contributed by atoms with E-state index in [9.17, 15) is 68.3 Å². The lowest BCUT2D eigenvalue weighted by Crippen LogP contribution is -2.37. The molecule has 19 atom stereocenters. The number of ether oxygens (including phenoxy) is 5. The van der Waals surface area contributed by atoms with E-state index in [0.29, 0.717) is 0 Å². The number of nitrogens with zero attached hydrogens (tertiary/aromatic N) is 16. The number of phosphoric acid groups is 3. The first-order valence-electron chi connectivity index (χ1n) is 26.0. The van der Waals surface area contributed by atoms with E-state index in [4.69, 9.17) is 69.2 Å². The Labute approximate surface area is 499 Å².